The second kappa shape index (κ2) is 24.6. The van der Waals surface area contributed by atoms with E-state index in [1.807, 2.05) is 18.5 Å². The number of ether oxygens (including phenoxy) is 1. The van der Waals surface area contributed by atoms with Crippen LogP contribution in [-0.4, -0.2) is 95.1 Å². The molecule has 0 unspecified atom stereocenters. The average Bonchev–Trinajstić information content (AvgIpc) is 1.44. The first-order valence-corrected chi connectivity index (χ1v) is 38.0. The zero-order valence-electron chi connectivity index (χ0n) is 56.8. The number of hydrogen-bond acceptors (Lipinski definition) is 11. The Hall–Kier alpha value is -7.13. The summed E-state index contributed by atoms with van der Waals surface area (Å²) in [5, 5.41) is 82.4. The van der Waals surface area contributed by atoms with Gasteiger partial charge in [0.25, 0.3) is 0 Å². The molecule has 5 aromatic carbocycles. The van der Waals surface area contributed by atoms with Crippen molar-refractivity contribution in [1.29, 1.82) is 0 Å². The largest absolute Gasteiger partial charge is 0.507 e. The van der Waals surface area contributed by atoms with Crippen LogP contribution in [0, 0.1) is 51.8 Å². The summed E-state index contributed by atoms with van der Waals surface area (Å²) in [4.78, 5) is 12.8. The van der Waals surface area contributed by atoms with E-state index < -0.39 is 11.5 Å². The molecule has 16 atom stereocenters. The zero-order valence-corrected chi connectivity index (χ0v) is 56.8. The van der Waals surface area contributed by atoms with E-state index in [0.717, 1.165) is 70.2 Å². The Balaban J connectivity index is 0.693. The molecule has 18 rings (SSSR count). The van der Waals surface area contributed by atoms with E-state index in [1.54, 1.807) is 23.8 Å². The molecule has 0 radical (unpaired) electrons. The maximum atomic E-state index is 13.3. The predicted octanol–water partition coefficient (Wildman–Crippen LogP) is 15.2. The standard InChI is InChI=1S/C85H100N6O7/c92-71-28-20-52(40-74(71)95)19-24-61-62-14-7-15-72(93)76(62)78(97)77(96)63(61)25-18-51-16-21-54(22-17-51)68-44-81(66-43-59-13-9-33-83(59)37-36-82-32-8-12-58(82)23-29-73(94)79(82)85(83,80(66)91-68)75-49-87-50-89-75)45-69-57(41-64(70(46-81)90-69)53-10-3-1-4-11-53)47-86-38-30-56-48-88-67-42-55-31-39-98-84(34-5-2-6-35-84)65(55)27-26-60(56)67/h1,3-4,7,10-11,14-17,19-24,28-29,40-41,48-50,55,58-59,64-66,68-70,73,79-80,86,88,90-97H,2,5-6,8-9,12-13,18,25-27,30-39,42-47H2,(H,87,89)/b24-19+/t55-,58+,59+,64-,65-,66-,68-,69-,70+,73-,79-,80-,81-,82-,83+,85-/m0/s1. The highest BCUT2D eigenvalue weighted by atomic mass is 16.5. The van der Waals surface area contributed by atoms with Crippen LogP contribution < -0.4 is 16.0 Å². The molecule has 4 spiro atoms. The van der Waals surface area contributed by atoms with Gasteiger partial charge in [-0.15, -0.1) is 0 Å². The fourth-order valence-electron chi connectivity index (χ4n) is 25.0. The first-order valence-electron chi connectivity index (χ1n) is 38.0. The van der Waals surface area contributed by atoms with Crippen LogP contribution in [0.5, 0.6) is 28.7 Å². The van der Waals surface area contributed by atoms with Gasteiger partial charge in [0.2, 0.25) is 0 Å². The van der Waals surface area contributed by atoms with E-state index in [9.17, 15) is 30.6 Å². The lowest BCUT2D eigenvalue weighted by molar-refractivity contribution is -0.217. The molecule has 7 aromatic rings. The van der Waals surface area contributed by atoms with Gasteiger partial charge >= 0.3 is 0 Å². The van der Waals surface area contributed by atoms with Crippen LogP contribution in [0.25, 0.3) is 22.9 Å². The fraction of sp³-hybridized carbons (Fsp3) is 0.518. The molecule has 6 heterocycles. The van der Waals surface area contributed by atoms with Crippen molar-refractivity contribution < 1.29 is 35.4 Å². The van der Waals surface area contributed by atoms with Crippen molar-refractivity contribution >= 4 is 22.9 Å². The van der Waals surface area contributed by atoms with Crippen LogP contribution in [0.3, 0.4) is 0 Å². The monoisotopic (exact) mass is 1320 g/mol. The van der Waals surface area contributed by atoms with Crippen molar-refractivity contribution in [2.45, 2.75) is 201 Å². The number of phenolic OH excluding ortho intramolecular Hbond substituents is 5. The summed E-state index contributed by atoms with van der Waals surface area (Å²) in [6, 6.07) is 30.9. The van der Waals surface area contributed by atoms with Crippen LogP contribution in [0.4, 0.5) is 0 Å². The molecule has 5 saturated carbocycles. The first-order chi connectivity index (χ1) is 47.9. The third kappa shape index (κ3) is 9.93. The quantitative estimate of drug-likeness (QED) is 0.0226. The van der Waals surface area contributed by atoms with Crippen molar-refractivity contribution in [3.05, 3.63) is 189 Å². The number of rotatable bonds is 13. The molecule has 3 saturated heterocycles. The summed E-state index contributed by atoms with van der Waals surface area (Å²) in [5.74, 6) is 1.70. The van der Waals surface area contributed by atoms with Gasteiger partial charge in [-0.3, -0.25) is 0 Å². The minimum atomic E-state index is -0.571. The number of nitrogens with zero attached hydrogens (tertiary/aromatic N) is 1. The van der Waals surface area contributed by atoms with Crippen molar-refractivity contribution in [3.8, 4) is 28.7 Å². The van der Waals surface area contributed by atoms with Crippen LogP contribution in [0.1, 0.15) is 190 Å². The lowest BCUT2D eigenvalue weighted by atomic mass is 9.31. The second-order valence-corrected chi connectivity index (χ2v) is 32.9. The number of hydrogen-bond donors (Lipinski definition) is 11. The van der Waals surface area contributed by atoms with Gasteiger partial charge in [0, 0.05) is 83.9 Å². The van der Waals surface area contributed by atoms with Crippen LogP contribution in [-0.2, 0) is 42.3 Å². The normalized spacial score (nSPS) is 35.1. The van der Waals surface area contributed by atoms with E-state index >= 15 is 0 Å². The van der Waals surface area contributed by atoms with Crippen LogP contribution in [0.15, 0.2) is 134 Å². The van der Waals surface area contributed by atoms with Gasteiger partial charge in [0.1, 0.15) is 5.75 Å². The Morgan fingerprint density at radius 2 is 1.55 bits per heavy atom. The average molecular weight is 1320 g/mol. The Labute approximate surface area is 577 Å². The maximum absolute atomic E-state index is 13.3. The molecule has 4 aliphatic heterocycles. The Morgan fingerprint density at radius 1 is 0.694 bits per heavy atom. The molecule has 7 aliphatic carbocycles. The number of benzene rings is 5. The number of aromatic hydroxyl groups is 5. The van der Waals surface area contributed by atoms with E-state index in [1.165, 1.54) is 148 Å². The van der Waals surface area contributed by atoms with Gasteiger partial charge in [-0.2, -0.15) is 0 Å². The number of piperidine rings is 2. The van der Waals surface area contributed by atoms with Crippen molar-refractivity contribution in [2.24, 2.45) is 51.8 Å². The van der Waals surface area contributed by atoms with Crippen LogP contribution >= 0.6 is 0 Å². The zero-order chi connectivity index (χ0) is 66.1. The maximum Gasteiger partial charge on any atom is 0.169 e. The first kappa shape index (κ1) is 63.1. The summed E-state index contributed by atoms with van der Waals surface area (Å²) in [5.41, 5.74) is 12.5. The number of H-pyrrole nitrogens is 2. The molecule has 11 N–H and O–H groups in total. The molecule has 0 amide bonds. The summed E-state index contributed by atoms with van der Waals surface area (Å²) in [6.07, 6.45) is 44.0. The number of aliphatic hydroxyl groups excluding tert-OH is 1. The predicted molar refractivity (Wildman–Crippen MR) is 384 cm³/mol. The number of imidazole rings is 1. The summed E-state index contributed by atoms with van der Waals surface area (Å²) in [7, 11) is 0. The second-order valence-electron chi connectivity index (χ2n) is 32.9. The number of aromatic nitrogens is 3. The third-order valence-corrected chi connectivity index (χ3v) is 28.9. The van der Waals surface area contributed by atoms with Gasteiger partial charge in [-0.25, -0.2) is 4.98 Å². The van der Waals surface area contributed by atoms with Crippen molar-refractivity contribution in [3.63, 3.8) is 0 Å². The Bertz CT molecular complexity index is 4220. The minimum absolute atomic E-state index is 0.00155. The van der Waals surface area contributed by atoms with E-state index in [0.29, 0.717) is 64.5 Å². The minimum Gasteiger partial charge on any atom is -0.507 e. The number of aryl methyl sites for hydroxylation is 1. The number of aliphatic hydroxyl groups is 1. The molecule has 13 heteroatoms. The molecule has 13 nitrogen and oxygen atoms in total. The lowest BCUT2D eigenvalue weighted by Crippen LogP contribution is -2.78. The number of nitrogens with one attached hydrogen (secondary N) is 5. The van der Waals surface area contributed by atoms with Crippen molar-refractivity contribution in [2.75, 3.05) is 19.7 Å². The number of allylic oxidation sites excluding steroid dienone is 1. The Morgan fingerprint density at radius 3 is 2.40 bits per heavy atom. The number of phenols is 5. The van der Waals surface area contributed by atoms with Gasteiger partial charge in [-0.1, -0.05) is 135 Å². The summed E-state index contributed by atoms with van der Waals surface area (Å²) < 4.78 is 6.81. The summed E-state index contributed by atoms with van der Waals surface area (Å²) in [6.45, 7) is 2.68. The molecule has 11 aliphatic rings. The van der Waals surface area contributed by atoms with Gasteiger partial charge < -0.3 is 61.3 Å². The fourth-order valence-corrected chi connectivity index (χ4v) is 25.0. The van der Waals surface area contributed by atoms with E-state index in [4.69, 9.17) is 15.0 Å². The molecule has 98 heavy (non-hydrogen) atoms. The Kier molecular flexibility index (Phi) is 15.8. The van der Waals surface area contributed by atoms with Gasteiger partial charge in [0.05, 0.1) is 23.4 Å². The smallest absolute Gasteiger partial charge is 0.169 e. The molecular weight excluding hydrogens is 1220 g/mol. The third-order valence-electron chi connectivity index (χ3n) is 28.9. The van der Waals surface area contributed by atoms with Crippen LogP contribution in [0.2, 0.25) is 0 Å². The molecular formula is C85H100N6O7. The topological polar surface area (TPSA) is 211 Å². The van der Waals surface area contributed by atoms with Gasteiger partial charge in [-0.05, 0) is 242 Å². The SMILES string of the molecule is Oc1ccc(/C=C/c2c(CCc3ccc([C@@H]4C[C@@]5(C[C@@H]6N[C@H](C5)[C@H](c5ccccc5)C=C6CNCCc5c[nH]c6c5CC[C@H]5[C@@H](CCOC57CCCCC7)C6)[C@H]5C[C@H]6CCC[C@@]67CC[C@@]68CCC[C@@H]6C=C[C@H](O)[C@@H]8[C@@]7(c6cnc[nH]6)[C@H]5N4)cc3)c(O)c(O)c3c(O)cccc23)cc1O. The highest BCUT2D eigenvalue weighted by Crippen LogP contribution is 2.79. The molecule has 2 bridgehead atoms. The van der Waals surface area contributed by atoms with E-state index in [-0.39, 0.29) is 92.0 Å². The number of fused-ring (bicyclic) bond motifs is 10. The van der Waals surface area contributed by atoms with Gasteiger partial charge in [0.15, 0.2) is 23.0 Å². The van der Waals surface area contributed by atoms with Crippen molar-refractivity contribution in [1.82, 2.24) is 30.9 Å². The molecule has 512 valence electrons. The highest BCUT2D eigenvalue weighted by molar-refractivity contribution is 6.03. The lowest BCUT2D eigenvalue weighted by Gasteiger charge is -2.75. The molecule has 2 aromatic heterocycles. The summed E-state index contributed by atoms with van der Waals surface area (Å²) >= 11 is 0. The molecule has 8 fully saturated rings. The number of aromatic amines is 2. The highest BCUT2D eigenvalue weighted by Gasteiger charge is 2.78. The van der Waals surface area contributed by atoms with E-state index in [2.05, 4.69) is 106 Å².